The van der Waals surface area contributed by atoms with Crippen LogP contribution >= 0.6 is 0 Å². The van der Waals surface area contributed by atoms with Gasteiger partial charge in [0.05, 0.1) is 6.61 Å². The zero-order chi connectivity index (χ0) is 15.0. The number of rotatable bonds is 9. The number of ether oxygens (including phenoxy) is 1. The highest BCUT2D eigenvalue weighted by Crippen LogP contribution is 2.15. The Morgan fingerprint density at radius 2 is 2.05 bits per heavy atom. The van der Waals surface area contributed by atoms with Crippen LogP contribution in [-0.2, 0) is 11.3 Å². The molecule has 0 aliphatic rings. The molecule has 1 heterocycles. The average Bonchev–Trinajstić information content (AvgIpc) is 2.41. The molecule has 0 aliphatic carbocycles. The van der Waals surface area contributed by atoms with Crippen molar-refractivity contribution in [1.82, 2.24) is 10.3 Å². The molecule has 4 nitrogen and oxygen atoms in total. The first-order valence-electron chi connectivity index (χ1n) is 7.60. The van der Waals surface area contributed by atoms with E-state index in [0.29, 0.717) is 6.04 Å². The lowest BCUT2D eigenvalue weighted by molar-refractivity contribution is 0.154. The molecule has 0 radical (unpaired) electrons. The first-order chi connectivity index (χ1) is 9.56. The third-order valence-electron chi connectivity index (χ3n) is 3.13. The van der Waals surface area contributed by atoms with E-state index in [4.69, 9.17) is 4.74 Å². The number of pyridine rings is 1. The summed E-state index contributed by atoms with van der Waals surface area (Å²) in [6.45, 7) is 14.8. The van der Waals surface area contributed by atoms with E-state index in [1.54, 1.807) is 0 Å². The van der Waals surface area contributed by atoms with Gasteiger partial charge in [0.15, 0.2) is 0 Å². The predicted molar refractivity (Wildman–Crippen MR) is 85.3 cm³/mol. The van der Waals surface area contributed by atoms with Gasteiger partial charge in [0, 0.05) is 38.0 Å². The molecule has 1 N–H and O–H groups in total. The summed E-state index contributed by atoms with van der Waals surface area (Å²) in [5, 5.41) is 3.45. The van der Waals surface area contributed by atoms with Gasteiger partial charge in [0.2, 0.25) is 0 Å². The summed E-state index contributed by atoms with van der Waals surface area (Å²) in [6, 6.07) is 4.82. The summed E-state index contributed by atoms with van der Waals surface area (Å²) in [7, 11) is 0. The van der Waals surface area contributed by atoms with E-state index >= 15 is 0 Å². The van der Waals surface area contributed by atoms with Gasteiger partial charge in [0.25, 0.3) is 0 Å². The smallest absolute Gasteiger partial charge is 0.129 e. The second-order valence-electron chi connectivity index (χ2n) is 5.29. The second kappa shape index (κ2) is 8.93. The molecule has 4 heteroatoms. The largest absolute Gasteiger partial charge is 0.380 e. The van der Waals surface area contributed by atoms with Crippen LogP contribution < -0.4 is 10.2 Å². The Morgan fingerprint density at radius 1 is 1.30 bits per heavy atom. The lowest BCUT2D eigenvalue weighted by Crippen LogP contribution is -2.28. The number of anilines is 1. The van der Waals surface area contributed by atoms with Gasteiger partial charge in [-0.25, -0.2) is 4.98 Å². The minimum Gasteiger partial charge on any atom is -0.380 e. The van der Waals surface area contributed by atoms with Crippen molar-refractivity contribution in [1.29, 1.82) is 0 Å². The Balaban J connectivity index is 2.75. The van der Waals surface area contributed by atoms with Gasteiger partial charge in [0.1, 0.15) is 5.82 Å². The van der Waals surface area contributed by atoms with Gasteiger partial charge >= 0.3 is 0 Å². The maximum absolute atomic E-state index is 5.44. The lowest BCUT2D eigenvalue weighted by Gasteiger charge is -2.23. The first kappa shape index (κ1) is 16.9. The molecular weight excluding hydrogens is 250 g/mol. The van der Waals surface area contributed by atoms with Crippen LogP contribution in [0.15, 0.2) is 12.1 Å². The van der Waals surface area contributed by atoms with Crippen molar-refractivity contribution in [2.24, 2.45) is 0 Å². The summed E-state index contributed by atoms with van der Waals surface area (Å²) in [4.78, 5) is 6.92. The van der Waals surface area contributed by atoms with E-state index in [1.165, 1.54) is 5.56 Å². The van der Waals surface area contributed by atoms with E-state index in [-0.39, 0.29) is 0 Å². The molecule has 0 unspecified atom stereocenters. The molecule has 0 aliphatic heterocycles. The summed E-state index contributed by atoms with van der Waals surface area (Å²) >= 11 is 0. The molecule has 0 saturated carbocycles. The van der Waals surface area contributed by atoms with Crippen LogP contribution in [0, 0.1) is 6.92 Å². The van der Waals surface area contributed by atoms with Crippen LogP contribution in [-0.4, -0.2) is 37.3 Å². The number of hydrogen-bond acceptors (Lipinski definition) is 4. The molecule has 0 saturated heterocycles. The average molecular weight is 279 g/mol. The number of likely N-dealkylation sites (N-methyl/N-ethyl adjacent to an activating group) is 1. The van der Waals surface area contributed by atoms with Crippen LogP contribution in [0.3, 0.4) is 0 Å². The summed E-state index contributed by atoms with van der Waals surface area (Å²) in [5.74, 6) is 1.05. The normalized spacial score (nSPS) is 11.1. The van der Waals surface area contributed by atoms with Gasteiger partial charge in [-0.2, -0.15) is 0 Å². The summed E-state index contributed by atoms with van der Waals surface area (Å²) in [5.41, 5.74) is 2.36. The standard InChI is InChI=1S/C16H29N3O/c1-6-19(8-9-20-7-2)16-11-15(10-14(5)18-16)12-17-13(3)4/h10-11,13,17H,6-9,12H2,1-5H3. The Hall–Kier alpha value is -1.13. The summed E-state index contributed by atoms with van der Waals surface area (Å²) in [6.07, 6.45) is 0. The number of aromatic nitrogens is 1. The van der Waals surface area contributed by atoms with Crippen LogP contribution in [0.1, 0.15) is 39.0 Å². The minimum atomic E-state index is 0.493. The monoisotopic (exact) mass is 279 g/mol. The summed E-state index contributed by atoms with van der Waals surface area (Å²) < 4.78 is 5.44. The molecule has 1 aromatic rings. The van der Waals surface area contributed by atoms with Crippen molar-refractivity contribution in [2.75, 3.05) is 31.2 Å². The topological polar surface area (TPSA) is 37.4 Å². The van der Waals surface area contributed by atoms with Gasteiger partial charge in [-0.05, 0) is 38.5 Å². The fourth-order valence-electron chi connectivity index (χ4n) is 2.06. The van der Waals surface area contributed by atoms with E-state index in [9.17, 15) is 0 Å². The molecule has 1 rings (SSSR count). The number of hydrogen-bond donors (Lipinski definition) is 1. The van der Waals surface area contributed by atoms with E-state index in [0.717, 1.165) is 44.4 Å². The van der Waals surface area contributed by atoms with E-state index < -0.39 is 0 Å². The van der Waals surface area contributed by atoms with E-state index in [1.807, 2.05) is 6.92 Å². The number of aryl methyl sites for hydroxylation is 1. The quantitative estimate of drug-likeness (QED) is 0.705. The SMILES string of the molecule is CCOCCN(CC)c1cc(CNC(C)C)cc(C)n1. The van der Waals surface area contributed by atoms with Crippen LogP contribution in [0.5, 0.6) is 0 Å². The van der Waals surface area contributed by atoms with Crippen molar-refractivity contribution in [3.05, 3.63) is 23.4 Å². The van der Waals surface area contributed by atoms with Crippen molar-refractivity contribution < 1.29 is 4.74 Å². The molecule has 0 aromatic carbocycles. The highest BCUT2D eigenvalue weighted by atomic mass is 16.5. The first-order valence-corrected chi connectivity index (χ1v) is 7.60. The van der Waals surface area contributed by atoms with Crippen molar-refractivity contribution in [3.63, 3.8) is 0 Å². The highest BCUT2D eigenvalue weighted by Gasteiger charge is 2.08. The van der Waals surface area contributed by atoms with Gasteiger partial charge in [-0.3, -0.25) is 0 Å². The van der Waals surface area contributed by atoms with Crippen LogP contribution in [0.2, 0.25) is 0 Å². The fraction of sp³-hybridized carbons (Fsp3) is 0.688. The molecule has 0 fully saturated rings. The maximum Gasteiger partial charge on any atom is 0.129 e. The van der Waals surface area contributed by atoms with Gasteiger partial charge in [-0.15, -0.1) is 0 Å². The van der Waals surface area contributed by atoms with E-state index in [2.05, 4.69) is 55.0 Å². The second-order valence-corrected chi connectivity index (χ2v) is 5.29. The fourth-order valence-corrected chi connectivity index (χ4v) is 2.06. The third-order valence-corrected chi connectivity index (χ3v) is 3.13. The van der Waals surface area contributed by atoms with Gasteiger partial charge < -0.3 is 15.0 Å². The molecule has 0 atom stereocenters. The Kier molecular flexibility index (Phi) is 7.55. The Bertz CT molecular complexity index is 393. The molecular formula is C16H29N3O. The third kappa shape index (κ3) is 5.88. The molecule has 0 spiro atoms. The minimum absolute atomic E-state index is 0.493. The molecule has 0 amide bonds. The Morgan fingerprint density at radius 3 is 2.65 bits per heavy atom. The zero-order valence-electron chi connectivity index (χ0n) is 13.6. The molecule has 0 bridgehead atoms. The van der Waals surface area contributed by atoms with Crippen LogP contribution in [0.25, 0.3) is 0 Å². The predicted octanol–water partition coefficient (Wildman–Crippen LogP) is 2.75. The zero-order valence-corrected chi connectivity index (χ0v) is 13.6. The number of nitrogens with one attached hydrogen (secondary N) is 1. The van der Waals surface area contributed by atoms with Crippen molar-refractivity contribution in [3.8, 4) is 0 Å². The lowest BCUT2D eigenvalue weighted by atomic mass is 10.2. The van der Waals surface area contributed by atoms with Crippen molar-refractivity contribution in [2.45, 2.75) is 47.2 Å². The highest BCUT2D eigenvalue weighted by molar-refractivity contribution is 5.42. The Labute approximate surface area is 123 Å². The number of nitrogens with zero attached hydrogens (tertiary/aromatic N) is 2. The van der Waals surface area contributed by atoms with Gasteiger partial charge in [-0.1, -0.05) is 13.8 Å². The van der Waals surface area contributed by atoms with Crippen LogP contribution in [0.4, 0.5) is 5.82 Å². The maximum atomic E-state index is 5.44. The molecule has 20 heavy (non-hydrogen) atoms. The molecule has 1 aromatic heterocycles. The van der Waals surface area contributed by atoms with Crippen molar-refractivity contribution >= 4 is 5.82 Å². The molecule has 114 valence electrons.